The predicted octanol–water partition coefficient (Wildman–Crippen LogP) is 4.21. The van der Waals surface area contributed by atoms with Gasteiger partial charge >= 0.3 is 0 Å². The second-order valence-electron chi connectivity index (χ2n) is 7.37. The maximum atomic E-state index is 13.1. The number of anilines is 1. The van der Waals surface area contributed by atoms with Gasteiger partial charge in [0.15, 0.2) is 0 Å². The molecule has 1 aliphatic rings. The van der Waals surface area contributed by atoms with Crippen LogP contribution in [0.2, 0.25) is 0 Å². The third kappa shape index (κ3) is 4.03. The lowest BCUT2D eigenvalue weighted by atomic mass is 9.99. The monoisotopic (exact) mass is 380 g/mol. The number of carbonyl (C=O) groups excluding carboxylic acids is 2. The highest BCUT2D eigenvalue weighted by molar-refractivity contribution is 6.07. The SMILES string of the molecule is CCCCOc1ccc(CN2C(=O)[C@@H](NC(C)=O)c3c(C)ccc(C)c32)cc1. The maximum Gasteiger partial charge on any atom is 0.254 e. The van der Waals surface area contributed by atoms with Crippen LogP contribution in [0.25, 0.3) is 0 Å². The maximum absolute atomic E-state index is 13.1. The molecule has 0 fully saturated rings. The summed E-state index contributed by atoms with van der Waals surface area (Å²) in [6.45, 7) is 8.73. The van der Waals surface area contributed by atoms with Crippen molar-refractivity contribution in [2.75, 3.05) is 11.5 Å². The Morgan fingerprint density at radius 2 is 1.79 bits per heavy atom. The lowest BCUT2D eigenvalue weighted by molar-refractivity contribution is -0.126. The van der Waals surface area contributed by atoms with Crippen molar-refractivity contribution in [3.63, 3.8) is 0 Å². The number of carbonyl (C=O) groups is 2. The highest BCUT2D eigenvalue weighted by Gasteiger charge is 2.39. The lowest BCUT2D eigenvalue weighted by Crippen LogP contribution is -2.36. The van der Waals surface area contributed by atoms with Crippen LogP contribution in [0.15, 0.2) is 36.4 Å². The molecule has 3 rings (SSSR count). The standard InChI is InChI=1S/C23H28N2O3/c1-5-6-13-28-19-11-9-18(10-12-19)14-25-22-16(3)8-7-15(2)20(22)21(23(25)27)24-17(4)26/h7-12,21H,5-6,13-14H2,1-4H3,(H,24,26)/t21-/m0/s1. The van der Waals surface area contributed by atoms with Crippen molar-refractivity contribution >= 4 is 17.5 Å². The molecule has 1 heterocycles. The number of nitrogens with zero attached hydrogens (tertiary/aromatic N) is 1. The Labute approximate surface area is 166 Å². The van der Waals surface area contributed by atoms with Crippen LogP contribution in [-0.4, -0.2) is 18.4 Å². The molecule has 0 saturated heterocycles. The van der Waals surface area contributed by atoms with Gasteiger partial charge in [0.2, 0.25) is 5.91 Å². The van der Waals surface area contributed by atoms with Crippen molar-refractivity contribution in [3.05, 3.63) is 58.7 Å². The average Bonchev–Trinajstić information content (AvgIpc) is 2.93. The topological polar surface area (TPSA) is 58.6 Å². The third-order valence-electron chi connectivity index (χ3n) is 5.09. The summed E-state index contributed by atoms with van der Waals surface area (Å²) in [7, 11) is 0. The number of aryl methyl sites for hydroxylation is 2. The molecule has 0 unspecified atom stereocenters. The van der Waals surface area contributed by atoms with Crippen LogP contribution in [0, 0.1) is 13.8 Å². The van der Waals surface area contributed by atoms with Gasteiger partial charge in [0, 0.05) is 12.5 Å². The van der Waals surface area contributed by atoms with Crippen molar-refractivity contribution in [2.24, 2.45) is 0 Å². The number of ether oxygens (including phenoxy) is 1. The summed E-state index contributed by atoms with van der Waals surface area (Å²) in [5.74, 6) is 0.542. The zero-order valence-electron chi connectivity index (χ0n) is 17.0. The number of hydrogen-bond acceptors (Lipinski definition) is 3. The first-order valence-electron chi connectivity index (χ1n) is 9.82. The number of fused-ring (bicyclic) bond motifs is 1. The zero-order valence-corrected chi connectivity index (χ0v) is 17.0. The smallest absolute Gasteiger partial charge is 0.254 e. The summed E-state index contributed by atoms with van der Waals surface area (Å²) in [4.78, 5) is 26.6. The van der Waals surface area contributed by atoms with E-state index >= 15 is 0 Å². The minimum Gasteiger partial charge on any atom is -0.494 e. The molecule has 0 aliphatic carbocycles. The molecule has 0 radical (unpaired) electrons. The van der Waals surface area contributed by atoms with Gasteiger partial charge in [-0.2, -0.15) is 0 Å². The first kappa shape index (κ1) is 19.9. The fraction of sp³-hybridized carbons (Fsp3) is 0.391. The molecule has 1 aliphatic heterocycles. The number of amides is 2. The van der Waals surface area contributed by atoms with Crippen LogP contribution in [0.3, 0.4) is 0 Å². The molecule has 2 aromatic carbocycles. The van der Waals surface area contributed by atoms with Crippen LogP contribution >= 0.6 is 0 Å². The molecule has 2 amide bonds. The van der Waals surface area contributed by atoms with E-state index in [0.717, 1.165) is 46.5 Å². The molecule has 1 atom stereocenters. The highest BCUT2D eigenvalue weighted by atomic mass is 16.5. The number of rotatable bonds is 7. The van der Waals surface area contributed by atoms with Gasteiger partial charge in [0.05, 0.1) is 18.8 Å². The number of hydrogen-bond donors (Lipinski definition) is 1. The Morgan fingerprint density at radius 3 is 2.43 bits per heavy atom. The Kier molecular flexibility index (Phi) is 6.02. The van der Waals surface area contributed by atoms with Gasteiger partial charge in [-0.15, -0.1) is 0 Å². The van der Waals surface area contributed by atoms with Crippen molar-refractivity contribution in [3.8, 4) is 5.75 Å². The zero-order chi connectivity index (χ0) is 20.3. The van der Waals surface area contributed by atoms with E-state index in [4.69, 9.17) is 4.74 Å². The molecule has 1 N–H and O–H groups in total. The van der Waals surface area contributed by atoms with E-state index in [-0.39, 0.29) is 11.8 Å². The first-order chi connectivity index (χ1) is 13.4. The number of unbranched alkanes of at least 4 members (excludes halogenated alkanes) is 1. The summed E-state index contributed by atoms with van der Waals surface area (Å²) in [6, 6.07) is 11.3. The van der Waals surface area contributed by atoms with Gasteiger partial charge in [-0.05, 0) is 49.1 Å². The molecular formula is C23H28N2O3. The van der Waals surface area contributed by atoms with Crippen molar-refractivity contribution in [1.29, 1.82) is 0 Å². The van der Waals surface area contributed by atoms with E-state index in [1.165, 1.54) is 6.92 Å². The van der Waals surface area contributed by atoms with Gasteiger partial charge in [-0.1, -0.05) is 37.6 Å². The highest BCUT2D eigenvalue weighted by Crippen LogP contribution is 2.41. The summed E-state index contributed by atoms with van der Waals surface area (Å²) in [5.41, 5.74) is 4.87. The van der Waals surface area contributed by atoms with Gasteiger partial charge < -0.3 is 15.0 Å². The van der Waals surface area contributed by atoms with Crippen molar-refractivity contribution in [2.45, 2.75) is 53.1 Å². The summed E-state index contributed by atoms with van der Waals surface area (Å²) in [6.07, 6.45) is 2.13. The van der Waals surface area contributed by atoms with E-state index in [2.05, 4.69) is 12.2 Å². The Bertz CT molecular complexity index is 874. The van der Waals surface area contributed by atoms with E-state index in [9.17, 15) is 9.59 Å². The largest absolute Gasteiger partial charge is 0.494 e. The quantitative estimate of drug-likeness (QED) is 0.732. The van der Waals surface area contributed by atoms with Crippen LogP contribution in [0.5, 0.6) is 5.75 Å². The normalized spacial score (nSPS) is 15.5. The minimum atomic E-state index is -0.621. The molecule has 2 aromatic rings. The molecule has 5 nitrogen and oxygen atoms in total. The van der Waals surface area contributed by atoms with Crippen LogP contribution in [-0.2, 0) is 16.1 Å². The van der Waals surface area contributed by atoms with Gasteiger partial charge in [-0.25, -0.2) is 0 Å². The van der Waals surface area contributed by atoms with Gasteiger partial charge in [-0.3, -0.25) is 9.59 Å². The molecule has 0 spiro atoms. The lowest BCUT2D eigenvalue weighted by Gasteiger charge is -2.20. The van der Waals surface area contributed by atoms with Gasteiger partial charge in [0.25, 0.3) is 5.91 Å². The minimum absolute atomic E-state index is 0.0918. The first-order valence-corrected chi connectivity index (χ1v) is 9.82. The average molecular weight is 380 g/mol. The van der Waals surface area contributed by atoms with E-state index in [0.29, 0.717) is 13.2 Å². The fourth-order valence-electron chi connectivity index (χ4n) is 3.63. The summed E-state index contributed by atoms with van der Waals surface area (Å²) < 4.78 is 5.72. The van der Waals surface area contributed by atoms with Crippen molar-refractivity contribution < 1.29 is 14.3 Å². The van der Waals surface area contributed by atoms with Crippen LogP contribution in [0.4, 0.5) is 5.69 Å². The molecule has 0 aromatic heterocycles. The Hall–Kier alpha value is -2.82. The molecule has 5 heteroatoms. The predicted molar refractivity (Wildman–Crippen MR) is 111 cm³/mol. The number of nitrogens with one attached hydrogen (secondary N) is 1. The van der Waals surface area contributed by atoms with Gasteiger partial charge in [0.1, 0.15) is 11.8 Å². The molecule has 0 saturated carbocycles. The Morgan fingerprint density at radius 1 is 1.11 bits per heavy atom. The molecular weight excluding hydrogens is 352 g/mol. The molecule has 148 valence electrons. The Balaban J connectivity index is 1.85. The third-order valence-corrected chi connectivity index (χ3v) is 5.09. The molecule has 0 bridgehead atoms. The van der Waals surface area contributed by atoms with Crippen LogP contribution in [0.1, 0.15) is 55.0 Å². The van der Waals surface area contributed by atoms with E-state index in [1.54, 1.807) is 4.90 Å². The van der Waals surface area contributed by atoms with E-state index < -0.39 is 6.04 Å². The summed E-state index contributed by atoms with van der Waals surface area (Å²) >= 11 is 0. The van der Waals surface area contributed by atoms with E-state index in [1.807, 2.05) is 50.2 Å². The molecule has 28 heavy (non-hydrogen) atoms. The second kappa shape index (κ2) is 8.46. The number of benzene rings is 2. The second-order valence-corrected chi connectivity index (χ2v) is 7.37. The fourth-order valence-corrected chi connectivity index (χ4v) is 3.63. The van der Waals surface area contributed by atoms with Crippen molar-refractivity contribution in [1.82, 2.24) is 5.32 Å². The summed E-state index contributed by atoms with van der Waals surface area (Å²) in [5, 5.41) is 2.82. The van der Waals surface area contributed by atoms with Crippen LogP contribution < -0.4 is 15.0 Å².